The molecule has 1 aromatic rings. The van der Waals surface area contributed by atoms with Crippen molar-refractivity contribution in [3.63, 3.8) is 0 Å². The van der Waals surface area contributed by atoms with Gasteiger partial charge >= 0.3 is 0 Å². The Bertz CT molecular complexity index is 362. The first kappa shape index (κ1) is 13.6. The largest absolute Gasteiger partial charge is 0.317 e. The molecule has 0 aromatic heterocycles. The Balaban J connectivity index is 1.94. The van der Waals surface area contributed by atoms with Crippen LogP contribution in [0.5, 0.6) is 0 Å². The molecular weight excluding hydrogens is 220 g/mol. The van der Waals surface area contributed by atoms with Crippen molar-refractivity contribution < 1.29 is 0 Å². The summed E-state index contributed by atoms with van der Waals surface area (Å²) in [5, 5.41) is 3.43. The first-order valence-electron chi connectivity index (χ1n) is 7.32. The minimum Gasteiger partial charge on any atom is -0.317 e. The summed E-state index contributed by atoms with van der Waals surface area (Å²) >= 11 is 0. The fourth-order valence-corrected chi connectivity index (χ4v) is 2.77. The van der Waals surface area contributed by atoms with Gasteiger partial charge < -0.3 is 5.32 Å². The van der Waals surface area contributed by atoms with Gasteiger partial charge in [0.1, 0.15) is 0 Å². The lowest BCUT2D eigenvalue weighted by atomic mass is 10.0. The van der Waals surface area contributed by atoms with Gasteiger partial charge in [-0.25, -0.2) is 0 Å². The number of hydrogen-bond donors (Lipinski definition) is 1. The molecule has 0 spiro atoms. The smallest absolute Gasteiger partial charge is 0.0239 e. The van der Waals surface area contributed by atoms with E-state index in [1.165, 1.54) is 31.4 Å². The molecular formula is C16H26N2. The van der Waals surface area contributed by atoms with Crippen LogP contribution in [-0.2, 0) is 13.0 Å². The van der Waals surface area contributed by atoms with Gasteiger partial charge in [0.05, 0.1) is 0 Å². The maximum absolute atomic E-state index is 3.43. The molecule has 1 unspecified atom stereocenters. The number of hydrogen-bond acceptors (Lipinski definition) is 2. The Kier molecular flexibility index (Phi) is 5.21. The predicted molar refractivity (Wildman–Crippen MR) is 77.8 cm³/mol. The molecule has 0 aliphatic carbocycles. The molecule has 0 saturated carbocycles. The normalized spacial score (nSPS) is 18.1. The van der Waals surface area contributed by atoms with Gasteiger partial charge in [0.25, 0.3) is 0 Å². The van der Waals surface area contributed by atoms with Gasteiger partial charge in [-0.3, -0.25) is 4.90 Å². The lowest BCUT2D eigenvalue weighted by molar-refractivity contribution is 0.193. The average molecular weight is 246 g/mol. The molecule has 0 fully saturated rings. The third-order valence-corrected chi connectivity index (χ3v) is 4.00. The minimum atomic E-state index is 0.676. The molecule has 1 aromatic carbocycles. The zero-order valence-corrected chi connectivity index (χ0v) is 11.8. The van der Waals surface area contributed by atoms with Crippen molar-refractivity contribution in [1.29, 1.82) is 0 Å². The topological polar surface area (TPSA) is 15.3 Å². The highest BCUT2D eigenvalue weighted by molar-refractivity contribution is 5.28. The van der Waals surface area contributed by atoms with Crippen molar-refractivity contribution in [2.75, 3.05) is 19.6 Å². The second-order valence-corrected chi connectivity index (χ2v) is 5.33. The maximum Gasteiger partial charge on any atom is 0.0239 e. The van der Waals surface area contributed by atoms with E-state index >= 15 is 0 Å². The van der Waals surface area contributed by atoms with Crippen LogP contribution in [0, 0.1) is 0 Å². The zero-order chi connectivity index (χ0) is 12.8. The standard InChI is InChI=1S/C16H26N2/c1-3-17-11-10-14(2)18-12-6-9-15-7-4-5-8-16(15)13-18/h4-5,7-8,14,17H,3,6,9-13H2,1-2H3. The summed E-state index contributed by atoms with van der Waals surface area (Å²) in [4.78, 5) is 2.64. The Morgan fingerprint density at radius 1 is 1.28 bits per heavy atom. The molecule has 100 valence electrons. The summed E-state index contributed by atoms with van der Waals surface area (Å²) in [7, 11) is 0. The van der Waals surface area contributed by atoms with Crippen LogP contribution in [0.3, 0.4) is 0 Å². The van der Waals surface area contributed by atoms with Gasteiger partial charge in [-0.2, -0.15) is 0 Å². The van der Waals surface area contributed by atoms with Gasteiger partial charge in [0, 0.05) is 12.6 Å². The Hall–Kier alpha value is -0.860. The molecule has 1 heterocycles. The third kappa shape index (κ3) is 3.56. The van der Waals surface area contributed by atoms with Gasteiger partial charge in [-0.05, 0) is 56.9 Å². The van der Waals surface area contributed by atoms with E-state index < -0.39 is 0 Å². The highest BCUT2D eigenvalue weighted by Crippen LogP contribution is 2.20. The Morgan fingerprint density at radius 2 is 2.06 bits per heavy atom. The molecule has 1 aliphatic rings. The number of nitrogens with one attached hydrogen (secondary N) is 1. The number of benzene rings is 1. The van der Waals surface area contributed by atoms with E-state index in [1.54, 1.807) is 5.56 Å². The molecule has 1 atom stereocenters. The summed E-state index contributed by atoms with van der Waals surface area (Å²) in [5.41, 5.74) is 3.09. The molecule has 1 N–H and O–H groups in total. The van der Waals surface area contributed by atoms with Gasteiger partial charge in [-0.1, -0.05) is 31.2 Å². The Morgan fingerprint density at radius 3 is 2.83 bits per heavy atom. The zero-order valence-electron chi connectivity index (χ0n) is 11.8. The summed E-state index contributed by atoms with van der Waals surface area (Å²) in [6.07, 6.45) is 3.78. The van der Waals surface area contributed by atoms with E-state index in [-0.39, 0.29) is 0 Å². The van der Waals surface area contributed by atoms with Gasteiger partial charge in [0.15, 0.2) is 0 Å². The van der Waals surface area contributed by atoms with Gasteiger partial charge in [0.2, 0.25) is 0 Å². The van der Waals surface area contributed by atoms with Crippen LogP contribution in [0.4, 0.5) is 0 Å². The van der Waals surface area contributed by atoms with Crippen LogP contribution in [0.1, 0.15) is 37.8 Å². The summed E-state index contributed by atoms with van der Waals surface area (Å²) in [6.45, 7) is 9.12. The van der Waals surface area contributed by atoms with Crippen LogP contribution < -0.4 is 5.32 Å². The second-order valence-electron chi connectivity index (χ2n) is 5.33. The maximum atomic E-state index is 3.43. The van der Waals surface area contributed by atoms with Crippen molar-refractivity contribution in [3.8, 4) is 0 Å². The second kappa shape index (κ2) is 6.91. The molecule has 0 radical (unpaired) electrons. The molecule has 0 saturated heterocycles. The summed E-state index contributed by atoms with van der Waals surface area (Å²) in [6, 6.07) is 9.61. The lowest BCUT2D eigenvalue weighted by Gasteiger charge is -2.28. The number of rotatable bonds is 5. The fourth-order valence-electron chi connectivity index (χ4n) is 2.77. The highest BCUT2D eigenvalue weighted by atomic mass is 15.1. The summed E-state index contributed by atoms with van der Waals surface area (Å²) in [5.74, 6) is 0. The molecule has 1 aliphatic heterocycles. The van der Waals surface area contributed by atoms with E-state index in [2.05, 4.69) is 48.3 Å². The van der Waals surface area contributed by atoms with Crippen molar-refractivity contribution in [3.05, 3.63) is 35.4 Å². The van der Waals surface area contributed by atoms with E-state index in [0.717, 1.165) is 19.6 Å². The molecule has 0 bridgehead atoms. The minimum absolute atomic E-state index is 0.676. The van der Waals surface area contributed by atoms with Gasteiger partial charge in [-0.15, -0.1) is 0 Å². The number of fused-ring (bicyclic) bond motifs is 1. The highest BCUT2D eigenvalue weighted by Gasteiger charge is 2.18. The van der Waals surface area contributed by atoms with E-state index in [1.807, 2.05) is 0 Å². The molecule has 0 amide bonds. The van der Waals surface area contributed by atoms with Crippen LogP contribution in [0.15, 0.2) is 24.3 Å². The quantitative estimate of drug-likeness (QED) is 0.804. The number of aryl methyl sites for hydroxylation is 1. The predicted octanol–water partition coefficient (Wildman–Crippen LogP) is 2.82. The van der Waals surface area contributed by atoms with Crippen molar-refractivity contribution >= 4 is 0 Å². The lowest BCUT2D eigenvalue weighted by Crippen LogP contribution is -2.35. The monoisotopic (exact) mass is 246 g/mol. The van der Waals surface area contributed by atoms with E-state index in [9.17, 15) is 0 Å². The molecule has 2 heteroatoms. The first-order chi connectivity index (χ1) is 8.81. The Labute approximate surface area is 111 Å². The van der Waals surface area contributed by atoms with Crippen LogP contribution in [0.25, 0.3) is 0 Å². The van der Waals surface area contributed by atoms with E-state index in [0.29, 0.717) is 6.04 Å². The average Bonchev–Trinajstić information content (AvgIpc) is 2.61. The van der Waals surface area contributed by atoms with Crippen molar-refractivity contribution in [2.45, 2.75) is 45.7 Å². The van der Waals surface area contributed by atoms with Crippen LogP contribution in [0.2, 0.25) is 0 Å². The van der Waals surface area contributed by atoms with Crippen molar-refractivity contribution in [2.24, 2.45) is 0 Å². The van der Waals surface area contributed by atoms with Crippen molar-refractivity contribution in [1.82, 2.24) is 10.2 Å². The molecule has 2 rings (SSSR count). The van der Waals surface area contributed by atoms with Crippen LogP contribution >= 0.6 is 0 Å². The molecule has 2 nitrogen and oxygen atoms in total. The fraction of sp³-hybridized carbons (Fsp3) is 0.625. The third-order valence-electron chi connectivity index (χ3n) is 4.00. The summed E-state index contributed by atoms with van der Waals surface area (Å²) < 4.78 is 0. The SMILES string of the molecule is CCNCCC(C)N1CCCc2ccccc2C1. The molecule has 18 heavy (non-hydrogen) atoms. The number of nitrogens with zero attached hydrogens (tertiary/aromatic N) is 1. The van der Waals surface area contributed by atoms with E-state index in [4.69, 9.17) is 0 Å². The first-order valence-corrected chi connectivity index (χ1v) is 7.32. The van der Waals surface area contributed by atoms with Crippen LogP contribution in [-0.4, -0.2) is 30.6 Å².